The van der Waals surface area contributed by atoms with E-state index in [1.165, 1.54) is 18.4 Å². The first-order valence-corrected chi connectivity index (χ1v) is 7.20. The largest absolute Gasteiger partial charge is 0.372 e. The second-order valence-corrected chi connectivity index (χ2v) is 4.70. The van der Waals surface area contributed by atoms with Gasteiger partial charge in [-0.05, 0) is 24.9 Å². The minimum absolute atomic E-state index is 0.310. The van der Waals surface area contributed by atoms with E-state index < -0.39 is 0 Å². The zero-order chi connectivity index (χ0) is 13.2. The fourth-order valence-electron chi connectivity index (χ4n) is 2.29. The van der Waals surface area contributed by atoms with Crippen LogP contribution in [0.4, 0.5) is 0 Å². The highest BCUT2D eigenvalue weighted by atomic mass is 16.5. The summed E-state index contributed by atoms with van der Waals surface area (Å²) in [5, 5.41) is 3.55. The first kappa shape index (κ1) is 15.2. The van der Waals surface area contributed by atoms with E-state index in [1.807, 2.05) is 6.07 Å². The lowest BCUT2D eigenvalue weighted by atomic mass is 10.0. The van der Waals surface area contributed by atoms with Gasteiger partial charge < -0.3 is 10.1 Å². The molecule has 1 N–H and O–H groups in total. The van der Waals surface area contributed by atoms with Crippen molar-refractivity contribution < 1.29 is 4.74 Å². The standard InChI is InChI=1S/C16H27NO/c1-4-10-15(17-6-3)16(5-2)18-13-14-11-8-7-9-12-14/h7-9,11-12,15-17H,4-6,10,13H2,1-3H3. The van der Waals surface area contributed by atoms with Gasteiger partial charge in [-0.2, -0.15) is 0 Å². The number of likely N-dealkylation sites (N-methyl/N-ethyl adjacent to an activating group) is 1. The Morgan fingerprint density at radius 1 is 1.11 bits per heavy atom. The average molecular weight is 249 g/mol. The van der Waals surface area contributed by atoms with Gasteiger partial charge in [0.05, 0.1) is 12.7 Å². The highest BCUT2D eigenvalue weighted by Gasteiger charge is 2.18. The fourth-order valence-corrected chi connectivity index (χ4v) is 2.29. The highest BCUT2D eigenvalue weighted by molar-refractivity contribution is 5.13. The van der Waals surface area contributed by atoms with Gasteiger partial charge in [-0.3, -0.25) is 0 Å². The molecule has 0 heterocycles. The molecule has 0 aliphatic carbocycles. The van der Waals surface area contributed by atoms with Crippen LogP contribution in [0.15, 0.2) is 30.3 Å². The smallest absolute Gasteiger partial charge is 0.0729 e. The minimum Gasteiger partial charge on any atom is -0.372 e. The van der Waals surface area contributed by atoms with Crippen molar-refractivity contribution in [3.8, 4) is 0 Å². The SMILES string of the molecule is CCCC(NCC)C(CC)OCc1ccccc1. The Balaban J connectivity index is 2.48. The van der Waals surface area contributed by atoms with Crippen LogP contribution >= 0.6 is 0 Å². The summed E-state index contributed by atoms with van der Waals surface area (Å²) < 4.78 is 6.08. The van der Waals surface area contributed by atoms with Crippen LogP contribution in [0.2, 0.25) is 0 Å². The first-order valence-electron chi connectivity index (χ1n) is 7.20. The van der Waals surface area contributed by atoms with E-state index in [-0.39, 0.29) is 0 Å². The summed E-state index contributed by atoms with van der Waals surface area (Å²) in [5.74, 6) is 0. The van der Waals surface area contributed by atoms with E-state index in [2.05, 4.69) is 50.4 Å². The topological polar surface area (TPSA) is 21.3 Å². The minimum atomic E-state index is 0.310. The first-order chi connectivity index (χ1) is 8.81. The maximum atomic E-state index is 6.08. The normalized spacial score (nSPS) is 14.4. The van der Waals surface area contributed by atoms with Crippen molar-refractivity contribution in [3.63, 3.8) is 0 Å². The lowest BCUT2D eigenvalue weighted by Gasteiger charge is -2.27. The van der Waals surface area contributed by atoms with Crippen molar-refractivity contribution >= 4 is 0 Å². The zero-order valence-electron chi connectivity index (χ0n) is 12.0. The molecule has 0 fully saturated rings. The number of ether oxygens (including phenoxy) is 1. The van der Waals surface area contributed by atoms with Gasteiger partial charge in [0.25, 0.3) is 0 Å². The molecule has 0 spiro atoms. The Morgan fingerprint density at radius 3 is 2.39 bits per heavy atom. The summed E-state index contributed by atoms with van der Waals surface area (Å²) in [6, 6.07) is 10.9. The number of hydrogen-bond donors (Lipinski definition) is 1. The lowest BCUT2D eigenvalue weighted by molar-refractivity contribution is 0.0105. The third-order valence-corrected chi connectivity index (χ3v) is 3.22. The van der Waals surface area contributed by atoms with Crippen LogP contribution in [0.1, 0.15) is 45.6 Å². The van der Waals surface area contributed by atoms with E-state index in [1.54, 1.807) is 0 Å². The number of hydrogen-bond acceptors (Lipinski definition) is 2. The molecular formula is C16H27NO. The summed E-state index contributed by atoms with van der Waals surface area (Å²) in [4.78, 5) is 0. The van der Waals surface area contributed by atoms with Crippen LogP contribution in [0.25, 0.3) is 0 Å². The third-order valence-electron chi connectivity index (χ3n) is 3.22. The maximum absolute atomic E-state index is 6.08. The number of rotatable bonds is 9. The molecule has 102 valence electrons. The Bertz CT molecular complexity index is 293. The molecule has 2 unspecified atom stereocenters. The zero-order valence-corrected chi connectivity index (χ0v) is 12.0. The molecular weight excluding hydrogens is 222 g/mol. The van der Waals surface area contributed by atoms with Crippen molar-refractivity contribution in [2.75, 3.05) is 6.54 Å². The van der Waals surface area contributed by atoms with Crippen molar-refractivity contribution in [3.05, 3.63) is 35.9 Å². The summed E-state index contributed by atoms with van der Waals surface area (Å²) in [7, 11) is 0. The number of benzene rings is 1. The van der Waals surface area contributed by atoms with Gasteiger partial charge in [0.2, 0.25) is 0 Å². The van der Waals surface area contributed by atoms with Crippen molar-refractivity contribution in [2.24, 2.45) is 0 Å². The van der Waals surface area contributed by atoms with Crippen LogP contribution in [0, 0.1) is 0 Å². The summed E-state index contributed by atoms with van der Waals surface area (Å²) in [6.45, 7) is 8.32. The molecule has 0 aliphatic heterocycles. The Labute approximate surface area is 112 Å². The van der Waals surface area contributed by atoms with Crippen LogP contribution < -0.4 is 5.32 Å². The molecule has 18 heavy (non-hydrogen) atoms. The predicted molar refractivity (Wildman–Crippen MR) is 77.7 cm³/mol. The summed E-state index contributed by atoms with van der Waals surface area (Å²) in [6.07, 6.45) is 3.75. The predicted octanol–water partition coefficient (Wildman–Crippen LogP) is 3.76. The van der Waals surface area contributed by atoms with Crippen molar-refractivity contribution in [2.45, 2.75) is 58.8 Å². The molecule has 2 heteroatoms. The molecule has 0 amide bonds. The molecule has 0 saturated heterocycles. The molecule has 1 aromatic carbocycles. The Morgan fingerprint density at radius 2 is 1.83 bits per heavy atom. The Hall–Kier alpha value is -0.860. The molecule has 2 nitrogen and oxygen atoms in total. The molecule has 0 radical (unpaired) electrons. The molecule has 1 aromatic rings. The van der Waals surface area contributed by atoms with Crippen LogP contribution in [-0.2, 0) is 11.3 Å². The van der Waals surface area contributed by atoms with Gasteiger partial charge in [0, 0.05) is 6.04 Å². The molecule has 0 aromatic heterocycles. The van der Waals surface area contributed by atoms with Crippen LogP contribution in [-0.4, -0.2) is 18.7 Å². The van der Waals surface area contributed by atoms with Gasteiger partial charge in [0.1, 0.15) is 0 Å². The van der Waals surface area contributed by atoms with E-state index in [0.29, 0.717) is 18.8 Å². The van der Waals surface area contributed by atoms with Crippen LogP contribution in [0.3, 0.4) is 0 Å². The quantitative estimate of drug-likeness (QED) is 0.719. The van der Waals surface area contributed by atoms with Gasteiger partial charge >= 0.3 is 0 Å². The van der Waals surface area contributed by atoms with E-state index >= 15 is 0 Å². The molecule has 0 saturated carbocycles. The van der Waals surface area contributed by atoms with Crippen LogP contribution in [0.5, 0.6) is 0 Å². The number of nitrogens with one attached hydrogen (secondary N) is 1. The molecule has 1 rings (SSSR count). The monoisotopic (exact) mass is 249 g/mol. The summed E-state index contributed by atoms with van der Waals surface area (Å²) in [5.41, 5.74) is 1.25. The maximum Gasteiger partial charge on any atom is 0.0729 e. The molecule has 2 atom stereocenters. The van der Waals surface area contributed by atoms with Gasteiger partial charge in [-0.25, -0.2) is 0 Å². The van der Waals surface area contributed by atoms with Crippen molar-refractivity contribution in [1.82, 2.24) is 5.32 Å². The lowest BCUT2D eigenvalue weighted by Crippen LogP contribution is -2.40. The van der Waals surface area contributed by atoms with Gasteiger partial charge in [0.15, 0.2) is 0 Å². The fraction of sp³-hybridized carbons (Fsp3) is 0.625. The molecule has 0 bridgehead atoms. The Kier molecular flexibility index (Phi) is 7.70. The van der Waals surface area contributed by atoms with E-state index in [4.69, 9.17) is 4.74 Å². The average Bonchev–Trinajstić information content (AvgIpc) is 2.41. The van der Waals surface area contributed by atoms with E-state index in [9.17, 15) is 0 Å². The second-order valence-electron chi connectivity index (χ2n) is 4.70. The van der Waals surface area contributed by atoms with Gasteiger partial charge in [-0.15, -0.1) is 0 Å². The second kappa shape index (κ2) is 9.12. The highest BCUT2D eigenvalue weighted by Crippen LogP contribution is 2.13. The van der Waals surface area contributed by atoms with E-state index in [0.717, 1.165) is 13.0 Å². The third kappa shape index (κ3) is 5.19. The van der Waals surface area contributed by atoms with Crippen molar-refractivity contribution in [1.29, 1.82) is 0 Å². The molecule has 0 aliphatic rings. The van der Waals surface area contributed by atoms with Gasteiger partial charge in [-0.1, -0.05) is 57.5 Å². The summed E-state index contributed by atoms with van der Waals surface area (Å²) >= 11 is 0.